The summed E-state index contributed by atoms with van der Waals surface area (Å²) in [6.45, 7) is 1.67. The third-order valence-corrected chi connectivity index (χ3v) is 2.76. The maximum absolute atomic E-state index is 5.39. The Bertz CT molecular complexity index is 256. The van der Waals surface area contributed by atoms with E-state index in [9.17, 15) is 0 Å². The van der Waals surface area contributed by atoms with Crippen molar-refractivity contribution in [2.45, 2.75) is 25.8 Å². The summed E-state index contributed by atoms with van der Waals surface area (Å²) >= 11 is 0. The van der Waals surface area contributed by atoms with E-state index < -0.39 is 0 Å². The minimum Gasteiger partial charge on any atom is -0.301 e. The molecule has 14 heavy (non-hydrogen) atoms. The molecule has 1 N–H and O–H groups in total. The summed E-state index contributed by atoms with van der Waals surface area (Å²) < 4.78 is 0. The SMILES string of the molecule is c1ccc(CNOCC2CCC2)cc1. The van der Waals surface area contributed by atoms with E-state index in [0.717, 1.165) is 19.1 Å². The zero-order valence-corrected chi connectivity index (χ0v) is 8.41. The molecule has 1 aromatic rings. The average Bonchev–Trinajstić information content (AvgIpc) is 2.16. The van der Waals surface area contributed by atoms with Crippen LogP contribution in [0.2, 0.25) is 0 Å². The van der Waals surface area contributed by atoms with Crippen molar-refractivity contribution in [3.05, 3.63) is 35.9 Å². The van der Waals surface area contributed by atoms with Gasteiger partial charge in [0.25, 0.3) is 0 Å². The van der Waals surface area contributed by atoms with Crippen LogP contribution in [0, 0.1) is 5.92 Å². The number of rotatable bonds is 5. The topological polar surface area (TPSA) is 21.3 Å². The highest BCUT2D eigenvalue weighted by molar-refractivity contribution is 5.13. The van der Waals surface area contributed by atoms with Crippen LogP contribution >= 0.6 is 0 Å². The van der Waals surface area contributed by atoms with E-state index in [1.165, 1.54) is 24.8 Å². The predicted octanol–water partition coefficient (Wildman–Crippen LogP) is 2.51. The third-order valence-electron chi connectivity index (χ3n) is 2.76. The lowest BCUT2D eigenvalue weighted by atomic mass is 9.86. The van der Waals surface area contributed by atoms with Crippen molar-refractivity contribution in [2.24, 2.45) is 5.92 Å². The summed E-state index contributed by atoms with van der Waals surface area (Å²) in [7, 11) is 0. The molecule has 0 unspecified atom stereocenters. The highest BCUT2D eigenvalue weighted by Gasteiger charge is 2.16. The van der Waals surface area contributed by atoms with Crippen LogP contribution in [0.4, 0.5) is 0 Å². The average molecular weight is 191 g/mol. The van der Waals surface area contributed by atoms with Gasteiger partial charge in [-0.2, -0.15) is 5.48 Å². The molecule has 0 aliphatic heterocycles. The Labute approximate surface area is 85.2 Å². The molecule has 0 bridgehead atoms. The van der Waals surface area contributed by atoms with Crippen LogP contribution < -0.4 is 5.48 Å². The smallest absolute Gasteiger partial charge is 0.0710 e. The first-order chi connectivity index (χ1) is 6.95. The van der Waals surface area contributed by atoms with E-state index in [-0.39, 0.29) is 0 Å². The van der Waals surface area contributed by atoms with Crippen LogP contribution in [0.3, 0.4) is 0 Å². The second-order valence-electron chi connectivity index (χ2n) is 3.91. The van der Waals surface area contributed by atoms with E-state index in [2.05, 4.69) is 17.6 Å². The van der Waals surface area contributed by atoms with Crippen LogP contribution in [0.25, 0.3) is 0 Å². The van der Waals surface area contributed by atoms with E-state index in [0.29, 0.717) is 0 Å². The van der Waals surface area contributed by atoms with Gasteiger partial charge in [0.2, 0.25) is 0 Å². The minimum atomic E-state index is 0.799. The zero-order valence-electron chi connectivity index (χ0n) is 8.41. The third kappa shape index (κ3) is 2.82. The molecule has 1 aliphatic carbocycles. The number of hydroxylamine groups is 1. The van der Waals surface area contributed by atoms with Gasteiger partial charge in [-0.25, -0.2) is 0 Å². The first-order valence-electron chi connectivity index (χ1n) is 5.34. The fourth-order valence-corrected chi connectivity index (χ4v) is 1.57. The molecular weight excluding hydrogens is 174 g/mol. The van der Waals surface area contributed by atoms with E-state index in [4.69, 9.17) is 4.84 Å². The lowest BCUT2D eigenvalue weighted by Crippen LogP contribution is -2.23. The summed E-state index contributed by atoms with van der Waals surface area (Å²) in [5, 5.41) is 0. The van der Waals surface area contributed by atoms with E-state index in [1.807, 2.05) is 18.2 Å². The Kier molecular flexibility index (Phi) is 3.55. The van der Waals surface area contributed by atoms with Crippen molar-refractivity contribution >= 4 is 0 Å². The van der Waals surface area contributed by atoms with Gasteiger partial charge in [-0.05, 0) is 24.3 Å². The number of hydrogen-bond acceptors (Lipinski definition) is 2. The van der Waals surface area contributed by atoms with Crippen molar-refractivity contribution in [3.8, 4) is 0 Å². The van der Waals surface area contributed by atoms with Crippen LogP contribution in [-0.2, 0) is 11.4 Å². The van der Waals surface area contributed by atoms with Gasteiger partial charge < -0.3 is 4.84 Å². The molecule has 0 spiro atoms. The summed E-state index contributed by atoms with van der Waals surface area (Å²) in [6, 6.07) is 10.3. The van der Waals surface area contributed by atoms with Gasteiger partial charge in [-0.3, -0.25) is 0 Å². The molecule has 1 saturated carbocycles. The monoisotopic (exact) mass is 191 g/mol. The van der Waals surface area contributed by atoms with Crippen LogP contribution in [0.1, 0.15) is 24.8 Å². The van der Waals surface area contributed by atoms with Crippen LogP contribution in [-0.4, -0.2) is 6.61 Å². The predicted molar refractivity (Wildman–Crippen MR) is 56.6 cm³/mol. The van der Waals surface area contributed by atoms with Gasteiger partial charge in [0, 0.05) is 6.54 Å². The Balaban J connectivity index is 1.58. The molecule has 2 rings (SSSR count). The maximum Gasteiger partial charge on any atom is 0.0710 e. The molecule has 0 saturated heterocycles. The van der Waals surface area contributed by atoms with Crippen molar-refractivity contribution in [1.82, 2.24) is 5.48 Å². The molecule has 2 heteroatoms. The summed E-state index contributed by atoms with van der Waals surface area (Å²) in [4.78, 5) is 5.39. The number of hydrogen-bond donors (Lipinski definition) is 1. The fourth-order valence-electron chi connectivity index (χ4n) is 1.57. The first kappa shape index (κ1) is 9.69. The molecule has 1 aromatic carbocycles. The second-order valence-corrected chi connectivity index (χ2v) is 3.91. The molecule has 0 radical (unpaired) electrons. The molecule has 0 heterocycles. The van der Waals surface area contributed by atoms with Gasteiger partial charge in [-0.15, -0.1) is 0 Å². The first-order valence-corrected chi connectivity index (χ1v) is 5.34. The second kappa shape index (κ2) is 5.13. The van der Waals surface area contributed by atoms with Crippen molar-refractivity contribution in [1.29, 1.82) is 0 Å². The Hall–Kier alpha value is -0.860. The summed E-state index contributed by atoms with van der Waals surface area (Å²) in [5.74, 6) is 0.804. The highest BCUT2D eigenvalue weighted by atomic mass is 16.6. The van der Waals surface area contributed by atoms with Crippen molar-refractivity contribution < 1.29 is 4.84 Å². The number of benzene rings is 1. The maximum atomic E-state index is 5.39. The quantitative estimate of drug-likeness (QED) is 0.570. The van der Waals surface area contributed by atoms with E-state index in [1.54, 1.807) is 0 Å². The van der Waals surface area contributed by atoms with Gasteiger partial charge in [0.1, 0.15) is 0 Å². The van der Waals surface area contributed by atoms with Crippen LogP contribution in [0.15, 0.2) is 30.3 Å². The summed E-state index contributed by atoms with van der Waals surface area (Å²) in [6.07, 6.45) is 4.06. The minimum absolute atomic E-state index is 0.799. The Morgan fingerprint density at radius 3 is 2.64 bits per heavy atom. The molecule has 1 fully saturated rings. The zero-order chi connectivity index (χ0) is 9.64. The van der Waals surface area contributed by atoms with E-state index >= 15 is 0 Å². The molecule has 2 nitrogen and oxygen atoms in total. The van der Waals surface area contributed by atoms with Gasteiger partial charge in [0.15, 0.2) is 0 Å². The van der Waals surface area contributed by atoms with Crippen LogP contribution in [0.5, 0.6) is 0 Å². The molecule has 0 aromatic heterocycles. The summed E-state index contributed by atoms with van der Waals surface area (Å²) in [5.41, 5.74) is 4.27. The fraction of sp³-hybridized carbons (Fsp3) is 0.500. The normalized spacial score (nSPS) is 16.6. The highest BCUT2D eigenvalue weighted by Crippen LogP contribution is 2.25. The van der Waals surface area contributed by atoms with Gasteiger partial charge in [0.05, 0.1) is 6.61 Å². The standard InChI is InChI=1S/C12H17NO/c1-2-5-11(6-3-1)9-13-14-10-12-7-4-8-12/h1-3,5-6,12-13H,4,7-10H2. The Morgan fingerprint density at radius 2 is 2.00 bits per heavy atom. The Morgan fingerprint density at radius 1 is 1.21 bits per heavy atom. The molecule has 1 aliphatic rings. The lowest BCUT2D eigenvalue weighted by Gasteiger charge is -2.24. The van der Waals surface area contributed by atoms with Crippen molar-refractivity contribution in [2.75, 3.05) is 6.61 Å². The molecular formula is C12H17NO. The molecule has 0 amide bonds. The largest absolute Gasteiger partial charge is 0.301 e. The molecule has 76 valence electrons. The van der Waals surface area contributed by atoms with Crippen molar-refractivity contribution in [3.63, 3.8) is 0 Å². The molecule has 0 atom stereocenters. The van der Waals surface area contributed by atoms with Gasteiger partial charge in [-0.1, -0.05) is 36.8 Å². The number of nitrogens with one attached hydrogen (secondary N) is 1. The lowest BCUT2D eigenvalue weighted by molar-refractivity contribution is -0.00424. The van der Waals surface area contributed by atoms with Gasteiger partial charge >= 0.3 is 0 Å².